The topological polar surface area (TPSA) is 60.5 Å². The van der Waals surface area contributed by atoms with E-state index in [4.69, 9.17) is 0 Å². The van der Waals surface area contributed by atoms with E-state index < -0.39 is 24.9 Å². The second-order valence-electron chi connectivity index (χ2n) is 4.56. The van der Waals surface area contributed by atoms with Gasteiger partial charge >= 0.3 is 13.2 Å². The number of nitrogens with one attached hydrogen (secondary N) is 1. The average Bonchev–Trinajstić information content (AvgIpc) is 2.90. The van der Waals surface area contributed by atoms with E-state index in [1.54, 1.807) is 6.20 Å². The third-order valence-electron chi connectivity index (χ3n) is 2.69. The van der Waals surface area contributed by atoms with Crippen molar-refractivity contribution in [2.75, 3.05) is 5.32 Å². The van der Waals surface area contributed by atoms with Gasteiger partial charge < -0.3 is 9.47 Å². The maximum atomic E-state index is 12.5. The van der Waals surface area contributed by atoms with Crippen molar-refractivity contribution in [2.45, 2.75) is 20.1 Å². The van der Waals surface area contributed by atoms with Gasteiger partial charge in [-0.25, -0.2) is 4.98 Å². The molecule has 0 bridgehead atoms. The van der Waals surface area contributed by atoms with Crippen LogP contribution in [0.25, 0.3) is 6.08 Å². The Labute approximate surface area is 143 Å². The number of benzene rings is 1. The molecule has 0 aliphatic carbocycles. The average molecular weight is 376 g/mol. The zero-order valence-electron chi connectivity index (χ0n) is 12.7. The number of rotatable bonds is 7. The molecule has 2 rings (SSSR count). The molecule has 0 unspecified atom stereocenters. The van der Waals surface area contributed by atoms with Crippen LogP contribution in [0, 0.1) is 6.92 Å². The largest absolute Gasteiger partial charge is 0.435 e. The number of thiazole rings is 1. The Morgan fingerprint density at radius 3 is 2.56 bits per heavy atom. The molecule has 5 nitrogen and oxygen atoms in total. The number of aryl methyl sites for hydroxylation is 1. The number of hydrogen-bond acceptors (Lipinski definition) is 5. The Kier molecular flexibility index (Phi) is 6.34. The molecule has 1 heterocycles. The van der Waals surface area contributed by atoms with Gasteiger partial charge in [-0.15, -0.1) is 11.3 Å². The lowest BCUT2D eigenvalue weighted by Gasteiger charge is -2.11. The highest BCUT2D eigenvalue weighted by Crippen LogP contribution is 2.28. The lowest BCUT2D eigenvalue weighted by atomic mass is 10.1. The Morgan fingerprint density at radius 1 is 1.24 bits per heavy atom. The minimum atomic E-state index is -3.17. The van der Waals surface area contributed by atoms with E-state index in [1.165, 1.54) is 23.5 Å². The summed E-state index contributed by atoms with van der Waals surface area (Å²) in [6.45, 7) is -4.45. The quantitative estimate of drug-likeness (QED) is 0.578. The van der Waals surface area contributed by atoms with Crippen LogP contribution in [0.15, 0.2) is 30.5 Å². The van der Waals surface area contributed by atoms with E-state index in [2.05, 4.69) is 19.8 Å². The predicted octanol–water partition coefficient (Wildman–Crippen LogP) is 4.31. The van der Waals surface area contributed by atoms with Crippen molar-refractivity contribution in [1.29, 1.82) is 0 Å². The second-order valence-corrected chi connectivity index (χ2v) is 5.79. The van der Waals surface area contributed by atoms with E-state index in [1.807, 2.05) is 6.92 Å². The van der Waals surface area contributed by atoms with Crippen LogP contribution < -0.4 is 14.8 Å². The van der Waals surface area contributed by atoms with Crippen molar-refractivity contribution in [3.63, 3.8) is 0 Å². The smallest absolute Gasteiger partial charge is 0.387 e. The molecule has 134 valence electrons. The lowest BCUT2D eigenvalue weighted by Crippen LogP contribution is -2.08. The monoisotopic (exact) mass is 376 g/mol. The number of carbonyl (C=O) groups excluding carboxylic acids is 1. The molecule has 0 saturated heterocycles. The first kappa shape index (κ1) is 18.7. The Hall–Kier alpha value is -2.62. The number of halogens is 4. The van der Waals surface area contributed by atoms with Gasteiger partial charge in [-0.1, -0.05) is 0 Å². The van der Waals surface area contributed by atoms with E-state index in [0.717, 1.165) is 23.1 Å². The zero-order chi connectivity index (χ0) is 18.4. The molecule has 0 aliphatic rings. The van der Waals surface area contributed by atoms with Crippen LogP contribution in [-0.4, -0.2) is 24.1 Å². The van der Waals surface area contributed by atoms with Crippen LogP contribution in [0.4, 0.5) is 22.7 Å². The molecule has 1 aromatic carbocycles. The van der Waals surface area contributed by atoms with Crippen molar-refractivity contribution in [2.24, 2.45) is 0 Å². The number of amides is 1. The predicted molar refractivity (Wildman–Crippen MR) is 84.2 cm³/mol. The minimum Gasteiger partial charge on any atom is -0.435 e. The van der Waals surface area contributed by atoms with E-state index in [0.29, 0.717) is 5.13 Å². The van der Waals surface area contributed by atoms with Gasteiger partial charge in [0.15, 0.2) is 5.13 Å². The number of alkyl halides is 4. The van der Waals surface area contributed by atoms with Crippen molar-refractivity contribution in [3.8, 4) is 11.5 Å². The molecule has 0 fully saturated rings. The fourth-order valence-electron chi connectivity index (χ4n) is 1.75. The molecule has 1 amide bonds. The van der Waals surface area contributed by atoms with Crippen LogP contribution in [-0.2, 0) is 4.79 Å². The maximum absolute atomic E-state index is 12.5. The fraction of sp³-hybridized carbons (Fsp3) is 0.200. The Morgan fingerprint density at radius 2 is 1.96 bits per heavy atom. The molecule has 10 heteroatoms. The highest BCUT2D eigenvalue weighted by molar-refractivity contribution is 7.15. The van der Waals surface area contributed by atoms with Gasteiger partial charge in [0.05, 0.1) is 0 Å². The van der Waals surface area contributed by atoms with Gasteiger partial charge in [0.2, 0.25) is 5.91 Å². The lowest BCUT2D eigenvalue weighted by molar-refractivity contribution is -0.111. The van der Waals surface area contributed by atoms with Gasteiger partial charge in [-0.2, -0.15) is 17.6 Å². The summed E-state index contributed by atoms with van der Waals surface area (Å²) < 4.78 is 57.7. The van der Waals surface area contributed by atoms with Crippen LogP contribution in [0.3, 0.4) is 0 Å². The molecular weight excluding hydrogens is 364 g/mol. The van der Waals surface area contributed by atoms with E-state index >= 15 is 0 Å². The number of nitrogens with zero attached hydrogens (tertiary/aromatic N) is 1. The summed E-state index contributed by atoms with van der Waals surface area (Å²) in [5, 5.41) is 2.89. The van der Waals surface area contributed by atoms with E-state index in [-0.39, 0.29) is 11.3 Å². The number of carbonyl (C=O) groups is 1. The summed E-state index contributed by atoms with van der Waals surface area (Å²) in [4.78, 5) is 16.6. The number of anilines is 1. The first-order valence-electron chi connectivity index (χ1n) is 6.78. The molecule has 0 aliphatic heterocycles. The summed E-state index contributed by atoms with van der Waals surface area (Å²) in [6, 6.07) is 3.25. The molecule has 0 atom stereocenters. The molecule has 1 N–H and O–H groups in total. The minimum absolute atomic E-state index is 0.0902. The molecule has 0 saturated carbocycles. The van der Waals surface area contributed by atoms with Gasteiger partial charge in [0.25, 0.3) is 0 Å². The molecule has 1 aromatic heterocycles. The number of hydrogen-bond donors (Lipinski definition) is 1. The highest BCUT2D eigenvalue weighted by Gasteiger charge is 2.12. The molecule has 0 radical (unpaired) electrons. The van der Waals surface area contributed by atoms with Crippen molar-refractivity contribution in [1.82, 2.24) is 4.98 Å². The normalized spacial score (nSPS) is 11.3. The van der Waals surface area contributed by atoms with Gasteiger partial charge in [0.1, 0.15) is 11.5 Å². The molecular formula is C15H12F4N2O3S. The van der Waals surface area contributed by atoms with Crippen LogP contribution in [0.2, 0.25) is 0 Å². The highest BCUT2D eigenvalue weighted by atomic mass is 32.1. The van der Waals surface area contributed by atoms with Crippen LogP contribution in [0.1, 0.15) is 10.4 Å². The van der Waals surface area contributed by atoms with Gasteiger partial charge in [0, 0.05) is 28.8 Å². The fourth-order valence-corrected chi connectivity index (χ4v) is 2.42. The SMILES string of the molecule is Cc1cnc(NC(=O)/C=C/c2ccc(OC(F)F)cc2OC(F)F)s1. The van der Waals surface area contributed by atoms with Gasteiger partial charge in [-0.05, 0) is 25.1 Å². The summed E-state index contributed by atoms with van der Waals surface area (Å²) in [7, 11) is 0. The Balaban J connectivity index is 2.14. The molecule has 25 heavy (non-hydrogen) atoms. The first-order chi connectivity index (χ1) is 11.8. The maximum Gasteiger partial charge on any atom is 0.387 e. The standard InChI is InChI=1S/C15H12F4N2O3S/c1-8-7-20-15(25-8)21-12(22)5-3-9-2-4-10(23-13(16)17)6-11(9)24-14(18)19/h2-7,13-14H,1H3,(H,20,21,22)/b5-3+. The summed E-state index contributed by atoms with van der Waals surface area (Å²) >= 11 is 1.27. The summed E-state index contributed by atoms with van der Waals surface area (Å²) in [6.07, 6.45) is 3.87. The summed E-state index contributed by atoms with van der Waals surface area (Å²) in [5.41, 5.74) is 0.0902. The van der Waals surface area contributed by atoms with Gasteiger partial charge in [-0.3, -0.25) is 10.1 Å². The number of ether oxygens (including phenoxy) is 2. The zero-order valence-corrected chi connectivity index (χ0v) is 13.5. The van der Waals surface area contributed by atoms with Crippen molar-refractivity contribution >= 4 is 28.5 Å². The third kappa shape index (κ3) is 6.07. The molecule has 2 aromatic rings. The Bertz CT molecular complexity index is 765. The van der Waals surface area contributed by atoms with Crippen molar-refractivity contribution in [3.05, 3.63) is 40.9 Å². The van der Waals surface area contributed by atoms with Crippen LogP contribution >= 0.6 is 11.3 Å². The second kappa shape index (κ2) is 8.47. The third-order valence-corrected chi connectivity index (χ3v) is 3.52. The number of aromatic nitrogens is 1. The molecule has 0 spiro atoms. The summed E-state index contributed by atoms with van der Waals surface area (Å²) in [5.74, 6) is -1.28. The van der Waals surface area contributed by atoms with Crippen LogP contribution in [0.5, 0.6) is 11.5 Å². The van der Waals surface area contributed by atoms with Crippen molar-refractivity contribution < 1.29 is 31.8 Å². The first-order valence-corrected chi connectivity index (χ1v) is 7.60. The van der Waals surface area contributed by atoms with E-state index in [9.17, 15) is 22.4 Å².